The Balaban J connectivity index is 2.26. The van der Waals surface area contributed by atoms with Gasteiger partial charge in [-0.25, -0.2) is 0 Å². The van der Waals surface area contributed by atoms with Crippen molar-refractivity contribution in [1.82, 2.24) is 5.32 Å². The van der Waals surface area contributed by atoms with Crippen LogP contribution in [0.1, 0.15) is 33.8 Å². The monoisotopic (exact) mass is 255 g/mol. The highest BCUT2D eigenvalue weighted by molar-refractivity contribution is 7.14. The van der Waals surface area contributed by atoms with Gasteiger partial charge < -0.3 is 10.4 Å². The van der Waals surface area contributed by atoms with E-state index in [1.54, 1.807) is 6.07 Å². The van der Waals surface area contributed by atoms with Gasteiger partial charge in [0.15, 0.2) is 5.78 Å². The van der Waals surface area contributed by atoms with Gasteiger partial charge in [-0.15, -0.1) is 11.3 Å². The molecule has 0 radical (unpaired) electrons. The van der Waals surface area contributed by atoms with E-state index in [0.717, 1.165) is 4.88 Å². The van der Waals surface area contributed by atoms with Gasteiger partial charge in [-0.2, -0.15) is 0 Å². The van der Waals surface area contributed by atoms with Gasteiger partial charge in [0.2, 0.25) is 5.91 Å². The highest BCUT2D eigenvalue weighted by Crippen LogP contribution is 2.17. The summed E-state index contributed by atoms with van der Waals surface area (Å²) in [7, 11) is 0. The predicted octanol–water partition coefficient (Wildman–Crippen LogP) is 1.52. The van der Waals surface area contributed by atoms with Crippen LogP contribution in [0, 0.1) is 6.92 Å². The summed E-state index contributed by atoms with van der Waals surface area (Å²) in [6.45, 7) is 2.47. The third kappa shape index (κ3) is 5.10. The second kappa shape index (κ2) is 7.19. The molecule has 0 aliphatic heterocycles. The van der Waals surface area contributed by atoms with E-state index in [4.69, 9.17) is 5.11 Å². The van der Waals surface area contributed by atoms with Crippen molar-refractivity contribution >= 4 is 23.0 Å². The molecule has 4 nitrogen and oxygen atoms in total. The second-order valence-corrected chi connectivity index (χ2v) is 5.05. The predicted molar refractivity (Wildman–Crippen MR) is 67.3 cm³/mol. The van der Waals surface area contributed by atoms with Gasteiger partial charge in [0.25, 0.3) is 0 Å². The van der Waals surface area contributed by atoms with Crippen LogP contribution in [0.4, 0.5) is 0 Å². The first-order valence-corrected chi connectivity index (χ1v) is 6.42. The molecule has 5 heteroatoms. The molecule has 0 fully saturated rings. The summed E-state index contributed by atoms with van der Waals surface area (Å²) in [5.74, 6) is -0.125. The number of hydrogen-bond acceptors (Lipinski definition) is 4. The van der Waals surface area contributed by atoms with Crippen molar-refractivity contribution in [2.45, 2.75) is 26.2 Å². The summed E-state index contributed by atoms with van der Waals surface area (Å²) >= 11 is 1.45. The van der Waals surface area contributed by atoms with E-state index < -0.39 is 0 Å². The zero-order valence-electron chi connectivity index (χ0n) is 9.86. The third-order valence-corrected chi connectivity index (χ3v) is 3.29. The molecular weight excluding hydrogens is 238 g/mol. The first-order chi connectivity index (χ1) is 8.13. The Bertz CT molecular complexity index is 387. The molecule has 0 bridgehead atoms. The highest BCUT2D eigenvalue weighted by Gasteiger charge is 2.10. The molecule has 0 aliphatic rings. The summed E-state index contributed by atoms with van der Waals surface area (Å²) < 4.78 is 0. The lowest BCUT2D eigenvalue weighted by molar-refractivity contribution is -0.121. The Hall–Kier alpha value is -1.20. The lowest BCUT2D eigenvalue weighted by Gasteiger charge is -2.02. The van der Waals surface area contributed by atoms with Gasteiger partial charge in [0.05, 0.1) is 4.88 Å². The van der Waals surface area contributed by atoms with E-state index in [2.05, 4.69) is 5.32 Å². The van der Waals surface area contributed by atoms with Crippen LogP contribution in [0.5, 0.6) is 0 Å². The molecular formula is C12H17NO3S. The Labute approximate surface area is 105 Å². The zero-order chi connectivity index (χ0) is 12.7. The van der Waals surface area contributed by atoms with Crippen LogP contribution in [0.2, 0.25) is 0 Å². The van der Waals surface area contributed by atoms with Crippen molar-refractivity contribution in [2.75, 3.05) is 13.2 Å². The molecule has 1 heterocycles. The van der Waals surface area contributed by atoms with Gasteiger partial charge in [-0.3, -0.25) is 9.59 Å². The van der Waals surface area contributed by atoms with Crippen molar-refractivity contribution in [3.8, 4) is 0 Å². The molecule has 17 heavy (non-hydrogen) atoms. The van der Waals surface area contributed by atoms with Gasteiger partial charge in [-0.1, -0.05) is 0 Å². The molecule has 0 unspecified atom stereocenters. The normalized spacial score (nSPS) is 10.2. The molecule has 94 valence electrons. The van der Waals surface area contributed by atoms with Crippen molar-refractivity contribution in [3.63, 3.8) is 0 Å². The zero-order valence-corrected chi connectivity index (χ0v) is 10.7. The Morgan fingerprint density at radius 1 is 1.35 bits per heavy atom. The maximum atomic E-state index is 11.7. The van der Waals surface area contributed by atoms with E-state index in [9.17, 15) is 9.59 Å². The number of aliphatic hydroxyl groups is 1. The standard InChI is InChI=1S/C12H17NO3S/c1-9-3-5-11(17-9)10(15)4-6-12(16)13-7-2-8-14/h3,5,14H,2,4,6-8H2,1H3,(H,13,16). The van der Waals surface area contributed by atoms with E-state index >= 15 is 0 Å². The first-order valence-electron chi connectivity index (χ1n) is 5.60. The summed E-state index contributed by atoms with van der Waals surface area (Å²) in [4.78, 5) is 24.8. The quantitative estimate of drug-likeness (QED) is 0.573. The maximum Gasteiger partial charge on any atom is 0.220 e. The van der Waals surface area contributed by atoms with Crippen molar-refractivity contribution < 1.29 is 14.7 Å². The number of carbonyl (C=O) groups excluding carboxylic acids is 2. The van der Waals surface area contributed by atoms with E-state index in [1.165, 1.54) is 11.3 Å². The number of nitrogens with one attached hydrogen (secondary N) is 1. The molecule has 0 atom stereocenters. The van der Waals surface area contributed by atoms with Crippen LogP contribution in [0.15, 0.2) is 12.1 Å². The summed E-state index contributed by atoms with van der Waals surface area (Å²) in [5.41, 5.74) is 0. The largest absolute Gasteiger partial charge is 0.396 e. The molecule has 0 aromatic carbocycles. The molecule has 1 amide bonds. The summed E-state index contributed by atoms with van der Waals surface area (Å²) in [6, 6.07) is 3.70. The van der Waals surface area contributed by atoms with Crippen LogP contribution < -0.4 is 5.32 Å². The molecule has 0 saturated heterocycles. The van der Waals surface area contributed by atoms with E-state index in [0.29, 0.717) is 17.8 Å². The number of thiophene rings is 1. The van der Waals surface area contributed by atoms with E-state index in [1.807, 2.05) is 13.0 Å². The van der Waals surface area contributed by atoms with Gasteiger partial charge in [0, 0.05) is 30.9 Å². The molecule has 1 aromatic heterocycles. The minimum Gasteiger partial charge on any atom is -0.396 e. The minimum absolute atomic E-state index is 0.0143. The van der Waals surface area contributed by atoms with E-state index in [-0.39, 0.29) is 31.1 Å². The van der Waals surface area contributed by atoms with Crippen LogP contribution in [0.3, 0.4) is 0 Å². The third-order valence-electron chi connectivity index (χ3n) is 2.25. The number of aliphatic hydroxyl groups excluding tert-OH is 1. The number of hydrogen-bond donors (Lipinski definition) is 2. The lowest BCUT2D eigenvalue weighted by Crippen LogP contribution is -2.25. The number of carbonyl (C=O) groups is 2. The van der Waals surface area contributed by atoms with Crippen molar-refractivity contribution in [2.24, 2.45) is 0 Å². The van der Waals surface area contributed by atoms with Gasteiger partial charge in [0.1, 0.15) is 0 Å². The second-order valence-electron chi connectivity index (χ2n) is 3.76. The molecule has 1 rings (SSSR count). The fraction of sp³-hybridized carbons (Fsp3) is 0.500. The Morgan fingerprint density at radius 2 is 2.12 bits per heavy atom. The fourth-order valence-corrected chi connectivity index (χ4v) is 2.16. The lowest BCUT2D eigenvalue weighted by atomic mass is 10.2. The smallest absolute Gasteiger partial charge is 0.220 e. The maximum absolute atomic E-state index is 11.7. The average Bonchev–Trinajstić information content (AvgIpc) is 2.73. The first kappa shape index (κ1) is 13.9. The summed E-state index contributed by atoms with van der Waals surface area (Å²) in [6.07, 6.45) is 0.996. The number of Topliss-reactive ketones (excluding diaryl/α,β-unsaturated/α-hetero) is 1. The van der Waals surface area contributed by atoms with Gasteiger partial charge in [-0.05, 0) is 25.5 Å². The van der Waals surface area contributed by atoms with Crippen LogP contribution in [-0.2, 0) is 4.79 Å². The number of rotatable bonds is 7. The Morgan fingerprint density at radius 3 is 2.71 bits per heavy atom. The van der Waals surface area contributed by atoms with Crippen LogP contribution in [-0.4, -0.2) is 29.9 Å². The molecule has 1 aromatic rings. The highest BCUT2D eigenvalue weighted by atomic mass is 32.1. The molecule has 0 saturated carbocycles. The fourth-order valence-electron chi connectivity index (χ4n) is 1.33. The molecule has 2 N–H and O–H groups in total. The SMILES string of the molecule is Cc1ccc(C(=O)CCC(=O)NCCCO)s1. The number of amides is 1. The minimum atomic E-state index is -0.139. The molecule has 0 spiro atoms. The average molecular weight is 255 g/mol. The molecule has 0 aliphatic carbocycles. The number of aryl methyl sites for hydroxylation is 1. The topological polar surface area (TPSA) is 66.4 Å². The Kier molecular flexibility index (Phi) is 5.86. The van der Waals surface area contributed by atoms with Crippen molar-refractivity contribution in [1.29, 1.82) is 0 Å². The van der Waals surface area contributed by atoms with Crippen molar-refractivity contribution in [3.05, 3.63) is 21.9 Å². The summed E-state index contributed by atoms with van der Waals surface area (Å²) in [5, 5.41) is 11.2. The van der Waals surface area contributed by atoms with Crippen LogP contribution >= 0.6 is 11.3 Å². The van der Waals surface area contributed by atoms with Crippen LogP contribution in [0.25, 0.3) is 0 Å². The van der Waals surface area contributed by atoms with Gasteiger partial charge >= 0.3 is 0 Å². The number of ketones is 1.